The first kappa shape index (κ1) is 16.4. The van der Waals surface area contributed by atoms with E-state index >= 15 is 0 Å². The summed E-state index contributed by atoms with van der Waals surface area (Å²) < 4.78 is 0. The molecule has 1 aliphatic heterocycles. The molecule has 0 bridgehead atoms. The highest BCUT2D eigenvalue weighted by Crippen LogP contribution is 2.24. The summed E-state index contributed by atoms with van der Waals surface area (Å²) in [6.07, 6.45) is 5.10. The summed E-state index contributed by atoms with van der Waals surface area (Å²) in [6.45, 7) is 4.39. The SMILES string of the molecule is CSCc1ccc(NC(=O)CC(C)C2CCNCC2)cc1. The average Bonchev–Trinajstić information content (AvgIpc) is 2.50. The van der Waals surface area contributed by atoms with E-state index in [9.17, 15) is 4.79 Å². The minimum Gasteiger partial charge on any atom is -0.326 e. The Balaban J connectivity index is 1.80. The molecule has 2 N–H and O–H groups in total. The molecular formula is C17H26N2OS. The molecule has 1 aromatic rings. The van der Waals surface area contributed by atoms with E-state index in [0.717, 1.165) is 24.5 Å². The Hall–Kier alpha value is -1.00. The maximum absolute atomic E-state index is 12.1. The van der Waals surface area contributed by atoms with E-state index in [1.54, 1.807) is 11.8 Å². The van der Waals surface area contributed by atoms with Crippen LogP contribution in [0, 0.1) is 11.8 Å². The van der Waals surface area contributed by atoms with E-state index in [2.05, 4.69) is 35.9 Å². The van der Waals surface area contributed by atoms with Gasteiger partial charge in [-0.25, -0.2) is 0 Å². The fourth-order valence-corrected chi connectivity index (χ4v) is 3.46. The van der Waals surface area contributed by atoms with Crippen LogP contribution in [0.15, 0.2) is 24.3 Å². The lowest BCUT2D eigenvalue weighted by molar-refractivity contribution is -0.117. The molecule has 1 heterocycles. The van der Waals surface area contributed by atoms with Crippen molar-refractivity contribution < 1.29 is 4.79 Å². The van der Waals surface area contributed by atoms with Gasteiger partial charge in [0.25, 0.3) is 0 Å². The Bertz CT molecular complexity index is 441. The number of amides is 1. The molecule has 0 radical (unpaired) electrons. The topological polar surface area (TPSA) is 41.1 Å². The molecular weight excluding hydrogens is 280 g/mol. The highest BCUT2D eigenvalue weighted by atomic mass is 32.2. The number of piperidine rings is 1. The third kappa shape index (κ3) is 5.36. The van der Waals surface area contributed by atoms with Crippen molar-refractivity contribution in [2.24, 2.45) is 11.8 Å². The molecule has 1 unspecified atom stereocenters. The summed E-state index contributed by atoms with van der Waals surface area (Å²) in [5.41, 5.74) is 2.20. The van der Waals surface area contributed by atoms with Gasteiger partial charge in [0, 0.05) is 17.9 Å². The lowest BCUT2D eigenvalue weighted by atomic mass is 9.84. The molecule has 0 saturated carbocycles. The molecule has 1 amide bonds. The van der Waals surface area contributed by atoms with Gasteiger partial charge in [0.2, 0.25) is 5.91 Å². The number of carbonyl (C=O) groups is 1. The van der Waals surface area contributed by atoms with Gasteiger partial charge in [0.05, 0.1) is 0 Å². The fourth-order valence-electron chi connectivity index (χ4n) is 2.94. The van der Waals surface area contributed by atoms with Crippen molar-refractivity contribution in [3.63, 3.8) is 0 Å². The fraction of sp³-hybridized carbons (Fsp3) is 0.588. The van der Waals surface area contributed by atoms with Crippen molar-refractivity contribution >= 4 is 23.4 Å². The standard InChI is InChI=1S/C17H26N2OS/c1-13(15-7-9-18-10-8-15)11-17(20)19-16-5-3-14(4-6-16)12-21-2/h3-6,13,15,18H,7-12H2,1-2H3,(H,19,20). The first-order valence-electron chi connectivity index (χ1n) is 7.77. The van der Waals surface area contributed by atoms with E-state index in [1.165, 1.54) is 18.4 Å². The molecule has 1 atom stereocenters. The maximum Gasteiger partial charge on any atom is 0.224 e. The summed E-state index contributed by atoms with van der Waals surface area (Å²) in [5, 5.41) is 6.40. The zero-order chi connectivity index (χ0) is 15.1. The molecule has 0 aliphatic carbocycles. The van der Waals surface area contributed by atoms with Crippen LogP contribution in [-0.2, 0) is 10.5 Å². The highest BCUT2D eigenvalue weighted by Gasteiger charge is 2.21. The van der Waals surface area contributed by atoms with Gasteiger partial charge in [-0.1, -0.05) is 19.1 Å². The summed E-state index contributed by atoms with van der Waals surface area (Å²) in [4.78, 5) is 12.1. The normalized spacial score (nSPS) is 17.4. The van der Waals surface area contributed by atoms with Gasteiger partial charge in [-0.3, -0.25) is 4.79 Å². The second-order valence-corrected chi connectivity index (χ2v) is 6.81. The number of anilines is 1. The van der Waals surface area contributed by atoms with Crippen LogP contribution in [0.25, 0.3) is 0 Å². The molecule has 1 saturated heterocycles. The third-order valence-electron chi connectivity index (χ3n) is 4.24. The Labute approximate surface area is 132 Å². The number of rotatable bonds is 6. The number of carbonyl (C=O) groups excluding carboxylic acids is 1. The van der Waals surface area contributed by atoms with Crippen LogP contribution >= 0.6 is 11.8 Å². The van der Waals surface area contributed by atoms with Crippen LogP contribution < -0.4 is 10.6 Å². The molecule has 21 heavy (non-hydrogen) atoms. The van der Waals surface area contributed by atoms with Crippen molar-refractivity contribution in [2.75, 3.05) is 24.7 Å². The molecule has 4 heteroatoms. The van der Waals surface area contributed by atoms with Gasteiger partial charge in [0.1, 0.15) is 0 Å². The Kier molecular flexibility index (Phi) is 6.58. The Morgan fingerprint density at radius 2 is 2.00 bits per heavy atom. The van der Waals surface area contributed by atoms with Gasteiger partial charge in [-0.05, 0) is 61.7 Å². The molecule has 0 aromatic heterocycles. The zero-order valence-electron chi connectivity index (χ0n) is 13.0. The minimum absolute atomic E-state index is 0.138. The van der Waals surface area contributed by atoms with E-state index < -0.39 is 0 Å². The van der Waals surface area contributed by atoms with Gasteiger partial charge in [0.15, 0.2) is 0 Å². The molecule has 1 fully saturated rings. The van der Waals surface area contributed by atoms with Gasteiger partial charge < -0.3 is 10.6 Å². The molecule has 1 aliphatic rings. The third-order valence-corrected chi connectivity index (χ3v) is 4.87. The molecule has 1 aromatic carbocycles. The largest absolute Gasteiger partial charge is 0.326 e. The lowest BCUT2D eigenvalue weighted by Gasteiger charge is -2.27. The van der Waals surface area contributed by atoms with Crippen LogP contribution in [0.3, 0.4) is 0 Å². The second-order valence-electron chi connectivity index (χ2n) is 5.95. The second kappa shape index (κ2) is 8.44. The van der Waals surface area contributed by atoms with Gasteiger partial charge in [-0.2, -0.15) is 11.8 Å². The predicted molar refractivity (Wildman–Crippen MR) is 91.7 cm³/mol. The number of hydrogen-bond donors (Lipinski definition) is 2. The van der Waals surface area contributed by atoms with Crippen LogP contribution in [-0.4, -0.2) is 25.3 Å². The first-order chi connectivity index (χ1) is 10.2. The monoisotopic (exact) mass is 306 g/mol. The summed E-state index contributed by atoms with van der Waals surface area (Å²) in [5.74, 6) is 2.29. The highest BCUT2D eigenvalue weighted by molar-refractivity contribution is 7.97. The van der Waals surface area contributed by atoms with E-state index in [0.29, 0.717) is 18.3 Å². The number of benzene rings is 1. The van der Waals surface area contributed by atoms with Crippen molar-refractivity contribution in [2.45, 2.75) is 31.9 Å². The van der Waals surface area contributed by atoms with Crippen molar-refractivity contribution in [3.8, 4) is 0 Å². The van der Waals surface area contributed by atoms with E-state index in [1.807, 2.05) is 12.1 Å². The number of nitrogens with one attached hydrogen (secondary N) is 2. The van der Waals surface area contributed by atoms with Crippen molar-refractivity contribution in [3.05, 3.63) is 29.8 Å². The van der Waals surface area contributed by atoms with Crippen LogP contribution in [0.5, 0.6) is 0 Å². The van der Waals surface area contributed by atoms with E-state index in [4.69, 9.17) is 0 Å². The van der Waals surface area contributed by atoms with E-state index in [-0.39, 0.29) is 5.91 Å². The smallest absolute Gasteiger partial charge is 0.224 e. The molecule has 116 valence electrons. The first-order valence-corrected chi connectivity index (χ1v) is 9.17. The van der Waals surface area contributed by atoms with Crippen molar-refractivity contribution in [1.29, 1.82) is 0 Å². The van der Waals surface area contributed by atoms with Crippen molar-refractivity contribution in [1.82, 2.24) is 5.32 Å². The Morgan fingerprint density at radius 3 is 2.62 bits per heavy atom. The number of hydrogen-bond acceptors (Lipinski definition) is 3. The minimum atomic E-state index is 0.138. The summed E-state index contributed by atoms with van der Waals surface area (Å²) >= 11 is 1.81. The van der Waals surface area contributed by atoms with Crippen LogP contribution in [0.2, 0.25) is 0 Å². The zero-order valence-corrected chi connectivity index (χ0v) is 13.8. The summed E-state index contributed by atoms with van der Waals surface area (Å²) in [6, 6.07) is 8.17. The predicted octanol–water partition coefficient (Wildman–Crippen LogP) is 3.51. The molecule has 0 spiro atoms. The number of thioether (sulfide) groups is 1. The molecule has 3 nitrogen and oxygen atoms in total. The lowest BCUT2D eigenvalue weighted by Crippen LogP contribution is -2.32. The Morgan fingerprint density at radius 1 is 1.33 bits per heavy atom. The van der Waals surface area contributed by atoms with Crippen LogP contribution in [0.4, 0.5) is 5.69 Å². The summed E-state index contributed by atoms with van der Waals surface area (Å²) in [7, 11) is 0. The molecule has 2 rings (SSSR count). The maximum atomic E-state index is 12.1. The van der Waals surface area contributed by atoms with Crippen LogP contribution in [0.1, 0.15) is 31.7 Å². The average molecular weight is 306 g/mol. The van der Waals surface area contributed by atoms with Gasteiger partial charge >= 0.3 is 0 Å². The van der Waals surface area contributed by atoms with Gasteiger partial charge in [-0.15, -0.1) is 0 Å². The quantitative estimate of drug-likeness (QED) is 0.845.